The number of carboxylic acid groups (broad SMARTS) is 1. The number of aliphatic carboxylic acids is 1. The molecule has 0 spiro atoms. The van der Waals surface area contributed by atoms with E-state index >= 15 is 0 Å². The highest BCUT2D eigenvalue weighted by molar-refractivity contribution is 5.78. The Morgan fingerprint density at radius 1 is 1.25 bits per heavy atom. The number of carbonyl (C=O) groups excluding carboxylic acids is 1. The molecule has 110 valence electrons. The van der Waals surface area contributed by atoms with Gasteiger partial charge in [0.1, 0.15) is 5.75 Å². The molecule has 0 fully saturated rings. The Morgan fingerprint density at radius 2 is 1.85 bits per heavy atom. The molecule has 1 aromatic rings. The van der Waals surface area contributed by atoms with Crippen LogP contribution in [-0.4, -0.2) is 29.6 Å². The van der Waals surface area contributed by atoms with Crippen LogP contribution in [-0.2, 0) is 9.59 Å². The van der Waals surface area contributed by atoms with Gasteiger partial charge < -0.3 is 15.2 Å². The molecule has 2 unspecified atom stereocenters. The number of amides is 1. The quantitative estimate of drug-likeness (QED) is 0.800. The van der Waals surface area contributed by atoms with E-state index < -0.39 is 17.9 Å². The molecule has 0 bridgehead atoms. The second-order valence-electron chi connectivity index (χ2n) is 4.89. The predicted octanol–water partition coefficient (Wildman–Crippen LogP) is 1.99. The van der Waals surface area contributed by atoms with Gasteiger partial charge in [-0.1, -0.05) is 17.7 Å². The SMILES string of the molecule is Cc1ccc(OCCC(=O)NC(C)C(C)C(=O)O)cc1. The van der Waals surface area contributed by atoms with Crippen LogP contribution in [0.15, 0.2) is 24.3 Å². The van der Waals surface area contributed by atoms with E-state index in [2.05, 4.69) is 5.32 Å². The number of rotatable bonds is 7. The Morgan fingerprint density at radius 3 is 2.40 bits per heavy atom. The molecule has 1 amide bonds. The molecule has 20 heavy (non-hydrogen) atoms. The van der Waals surface area contributed by atoms with E-state index in [0.717, 1.165) is 11.3 Å². The van der Waals surface area contributed by atoms with E-state index in [1.807, 2.05) is 31.2 Å². The van der Waals surface area contributed by atoms with Crippen molar-refractivity contribution in [2.24, 2.45) is 5.92 Å². The summed E-state index contributed by atoms with van der Waals surface area (Å²) in [6, 6.07) is 7.17. The highest BCUT2D eigenvalue weighted by Crippen LogP contribution is 2.11. The lowest BCUT2D eigenvalue weighted by atomic mass is 10.0. The summed E-state index contributed by atoms with van der Waals surface area (Å²) in [5, 5.41) is 11.5. The Kier molecular flexibility index (Phi) is 6.03. The fraction of sp³-hybridized carbons (Fsp3) is 0.467. The number of hydrogen-bond donors (Lipinski definition) is 2. The average molecular weight is 279 g/mol. The third-order valence-corrected chi connectivity index (χ3v) is 3.15. The Labute approximate surface area is 118 Å². The lowest BCUT2D eigenvalue weighted by Crippen LogP contribution is -2.40. The van der Waals surface area contributed by atoms with Gasteiger partial charge in [-0.05, 0) is 32.9 Å². The molecule has 0 aliphatic heterocycles. The highest BCUT2D eigenvalue weighted by atomic mass is 16.5. The molecular formula is C15H21NO4. The first-order valence-electron chi connectivity index (χ1n) is 6.61. The first-order valence-corrected chi connectivity index (χ1v) is 6.61. The van der Waals surface area contributed by atoms with E-state index in [1.165, 1.54) is 0 Å². The first kappa shape index (κ1) is 16.0. The van der Waals surface area contributed by atoms with Crippen molar-refractivity contribution < 1.29 is 19.4 Å². The van der Waals surface area contributed by atoms with Crippen LogP contribution in [0, 0.1) is 12.8 Å². The molecule has 0 aliphatic rings. The predicted molar refractivity (Wildman–Crippen MR) is 75.7 cm³/mol. The number of carboxylic acids is 1. The van der Waals surface area contributed by atoms with Crippen molar-refractivity contribution in [1.82, 2.24) is 5.32 Å². The summed E-state index contributed by atoms with van der Waals surface area (Å²) in [5.41, 5.74) is 1.14. The second-order valence-corrected chi connectivity index (χ2v) is 4.89. The van der Waals surface area contributed by atoms with Gasteiger partial charge in [-0.3, -0.25) is 9.59 Å². The van der Waals surface area contributed by atoms with Crippen LogP contribution < -0.4 is 10.1 Å². The zero-order valence-electron chi connectivity index (χ0n) is 12.1. The third-order valence-electron chi connectivity index (χ3n) is 3.15. The fourth-order valence-electron chi connectivity index (χ4n) is 1.56. The van der Waals surface area contributed by atoms with Crippen LogP contribution in [0.4, 0.5) is 0 Å². The van der Waals surface area contributed by atoms with Crippen LogP contribution >= 0.6 is 0 Å². The van der Waals surface area contributed by atoms with Crippen molar-refractivity contribution >= 4 is 11.9 Å². The van der Waals surface area contributed by atoms with Crippen LogP contribution in [0.1, 0.15) is 25.8 Å². The summed E-state index contributed by atoms with van der Waals surface area (Å²) >= 11 is 0. The number of hydrogen-bond acceptors (Lipinski definition) is 3. The molecule has 5 nitrogen and oxygen atoms in total. The molecule has 0 saturated carbocycles. The van der Waals surface area contributed by atoms with Gasteiger partial charge in [0.25, 0.3) is 0 Å². The van der Waals surface area contributed by atoms with Gasteiger partial charge >= 0.3 is 5.97 Å². The number of ether oxygens (including phenoxy) is 1. The standard InChI is InChI=1S/C15H21NO4/c1-10-4-6-13(7-5-10)20-9-8-14(17)16-12(3)11(2)15(18)19/h4-7,11-12H,8-9H2,1-3H3,(H,16,17)(H,18,19). The summed E-state index contributed by atoms with van der Waals surface area (Å²) in [4.78, 5) is 22.4. The fourth-order valence-corrected chi connectivity index (χ4v) is 1.56. The molecule has 2 N–H and O–H groups in total. The third kappa shape index (κ3) is 5.30. The average Bonchev–Trinajstić information content (AvgIpc) is 2.39. The van der Waals surface area contributed by atoms with Gasteiger partial charge in [0.15, 0.2) is 0 Å². The molecule has 0 aliphatic carbocycles. The van der Waals surface area contributed by atoms with Gasteiger partial charge in [0.2, 0.25) is 5.91 Å². The number of benzene rings is 1. The lowest BCUT2D eigenvalue weighted by molar-refractivity contribution is -0.142. The molecular weight excluding hydrogens is 258 g/mol. The van der Waals surface area contributed by atoms with Crippen molar-refractivity contribution in [1.29, 1.82) is 0 Å². The molecule has 0 aromatic heterocycles. The van der Waals surface area contributed by atoms with Crippen LogP contribution in [0.2, 0.25) is 0 Å². The minimum Gasteiger partial charge on any atom is -0.493 e. The van der Waals surface area contributed by atoms with Gasteiger partial charge in [0, 0.05) is 6.04 Å². The summed E-state index contributed by atoms with van der Waals surface area (Å²) in [6.07, 6.45) is 0.199. The summed E-state index contributed by atoms with van der Waals surface area (Å²) < 4.78 is 5.44. The van der Waals surface area contributed by atoms with Crippen LogP contribution in [0.3, 0.4) is 0 Å². The topological polar surface area (TPSA) is 75.6 Å². The van der Waals surface area contributed by atoms with Crippen molar-refractivity contribution in [2.75, 3.05) is 6.61 Å². The van der Waals surface area contributed by atoms with E-state index in [1.54, 1.807) is 13.8 Å². The zero-order valence-corrected chi connectivity index (χ0v) is 12.1. The maximum Gasteiger partial charge on any atom is 0.308 e. The van der Waals surface area contributed by atoms with E-state index in [4.69, 9.17) is 9.84 Å². The van der Waals surface area contributed by atoms with E-state index in [-0.39, 0.29) is 18.9 Å². The normalized spacial score (nSPS) is 13.3. The smallest absolute Gasteiger partial charge is 0.308 e. The first-order chi connectivity index (χ1) is 9.40. The van der Waals surface area contributed by atoms with Crippen molar-refractivity contribution in [3.05, 3.63) is 29.8 Å². The van der Waals surface area contributed by atoms with Crippen molar-refractivity contribution in [3.63, 3.8) is 0 Å². The van der Waals surface area contributed by atoms with Gasteiger partial charge in [-0.2, -0.15) is 0 Å². The Balaban J connectivity index is 2.29. The molecule has 2 atom stereocenters. The largest absolute Gasteiger partial charge is 0.493 e. The van der Waals surface area contributed by atoms with E-state index in [9.17, 15) is 9.59 Å². The van der Waals surface area contributed by atoms with Crippen LogP contribution in [0.5, 0.6) is 5.75 Å². The molecule has 0 heterocycles. The number of nitrogens with one attached hydrogen (secondary N) is 1. The lowest BCUT2D eigenvalue weighted by Gasteiger charge is -2.17. The summed E-state index contributed by atoms with van der Waals surface area (Å²) in [6.45, 7) is 5.50. The van der Waals surface area contributed by atoms with Gasteiger partial charge in [-0.25, -0.2) is 0 Å². The maximum absolute atomic E-state index is 11.6. The molecule has 0 radical (unpaired) electrons. The minimum absolute atomic E-state index is 0.199. The highest BCUT2D eigenvalue weighted by Gasteiger charge is 2.20. The molecule has 0 saturated heterocycles. The van der Waals surface area contributed by atoms with Gasteiger partial charge in [-0.15, -0.1) is 0 Å². The maximum atomic E-state index is 11.6. The van der Waals surface area contributed by atoms with Crippen molar-refractivity contribution in [2.45, 2.75) is 33.2 Å². The summed E-state index contributed by atoms with van der Waals surface area (Å²) in [5.74, 6) is -1.03. The van der Waals surface area contributed by atoms with Crippen molar-refractivity contribution in [3.8, 4) is 5.75 Å². The Bertz CT molecular complexity index is 455. The minimum atomic E-state index is -0.922. The second kappa shape index (κ2) is 7.53. The summed E-state index contributed by atoms with van der Waals surface area (Å²) in [7, 11) is 0. The van der Waals surface area contributed by atoms with Gasteiger partial charge in [0.05, 0.1) is 18.9 Å². The Hall–Kier alpha value is -2.04. The molecule has 1 rings (SSSR count). The van der Waals surface area contributed by atoms with Crippen LogP contribution in [0.25, 0.3) is 0 Å². The number of aryl methyl sites for hydroxylation is 1. The molecule has 1 aromatic carbocycles. The van der Waals surface area contributed by atoms with E-state index in [0.29, 0.717) is 0 Å². The zero-order chi connectivity index (χ0) is 15.1. The number of carbonyl (C=O) groups is 2. The molecule has 5 heteroatoms. The monoisotopic (exact) mass is 279 g/mol.